The summed E-state index contributed by atoms with van der Waals surface area (Å²) in [6.07, 6.45) is 7.53. The molecule has 1 aromatic carbocycles. The standard InChI is InChI=1S/C18H15N3O2/c1-23-18(22)15-12-21(16-8-4-5-10-19-16)20-11-9-13-6-2-3-7-14(13)17(15)20/h2-12,17H,1H3. The first-order valence-electron chi connectivity index (χ1n) is 7.35. The minimum atomic E-state index is -0.330. The van der Waals surface area contributed by atoms with Crippen molar-refractivity contribution in [3.05, 3.63) is 77.8 Å². The molecule has 1 unspecified atom stereocenters. The van der Waals surface area contributed by atoms with Crippen LogP contribution in [0.25, 0.3) is 6.08 Å². The van der Waals surface area contributed by atoms with Crippen molar-refractivity contribution in [2.24, 2.45) is 0 Å². The van der Waals surface area contributed by atoms with Crippen molar-refractivity contribution in [1.29, 1.82) is 0 Å². The van der Waals surface area contributed by atoms with Crippen LogP contribution in [0.1, 0.15) is 17.2 Å². The summed E-state index contributed by atoms with van der Waals surface area (Å²) in [4.78, 5) is 16.6. The van der Waals surface area contributed by atoms with E-state index >= 15 is 0 Å². The average Bonchev–Trinajstić information content (AvgIpc) is 3.02. The fourth-order valence-corrected chi connectivity index (χ4v) is 3.03. The summed E-state index contributed by atoms with van der Waals surface area (Å²) in [6, 6.07) is 13.5. The molecule has 0 aliphatic carbocycles. The number of anilines is 1. The largest absolute Gasteiger partial charge is 0.466 e. The van der Waals surface area contributed by atoms with Gasteiger partial charge in [0.2, 0.25) is 0 Å². The van der Waals surface area contributed by atoms with Crippen LogP contribution in [0.15, 0.2) is 66.6 Å². The lowest BCUT2D eigenvalue weighted by molar-refractivity contribution is -0.136. The Morgan fingerprint density at radius 3 is 2.78 bits per heavy atom. The lowest BCUT2D eigenvalue weighted by Gasteiger charge is -2.35. The number of rotatable bonds is 2. The second kappa shape index (κ2) is 5.28. The predicted molar refractivity (Wildman–Crippen MR) is 86.9 cm³/mol. The van der Waals surface area contributed by atoms with Crippen molar-refractivity contribution in [2.45, 2.75) is 6.04 Å². The van der Waals surface area contributed by atoms with Crippen LogP contribution in [0.2, 0.25) is 0 Å². The Morgan fingerprint density at radius 2 is 2.00 bits per heavy atom. The number of carbonyl (C=O) groups excluding carboxylic acids is 1. The van der Waals surface area contributed by atoms with Gasteiger partial charge >= 0.3 is 5.97 Å². The lowest BCUT2D eigenvalue weighted by Crippen LogP contribution is -2.35. The van der Waals surface area contributed by atoms with Gasteiger partial charge in [-0.1, -0.05) is 30.3 Å². The number of hydrogen-bond acceptors (Lipinski definition) is 5. The van der Waals surface area contributed by atoms with Gasteiger partial charge in [-0.25, -0.2) is 14.8 Å². The van der Waals surface area contributed by atoms with Gasteiger partial charge in [-0.3, -0.25) is 5.01 Å². The zero-order valence-corrected chi connectivity index (χ0v) is 12.6. The molecule has 4 rings (SSSR count). The van der Waals surface area contributed by atoms with E-state index in [4.69, 9.17) is 4.74 Å². The van der Waals surface area contributed by atoms with Gasteiger partial charge in [0.1, 0.15) is 6.04 Å². The Hall–Kier alpha value is -3.08. The zero-order valence-electron chi connectivity index (χ0n) is 12.6. The smallest absolute Gasteiger partial charge is 0.337 e. The maximum absolute atomic E-state index is 12.3. The van der Waals surface area contributed by atoms with Gasteiger partial charge in [-0.2, -0.15) is 0 Å². The highest BCUT2D eigenvalue weighted by Crippen LogP contribution is 2.42. The number of benzene rings is 1. The monoisotopic (exact) mass is 305 g/mol. The topological polar surface area (TPSA) is 45.7 Å². The Balaban J connectivity index is 1.85. The van der Waals surface area contributed by atoms with Crippen LogP contribution in [-0.4, -0.2) is 23.1 Å². The predicted octanol–water partition coefficient (Wildman–Crippen LogP) is 2.90. The first-order valence-corrected chi connectivity index (χ1v) is 7.35. The molecular weight excluding hydrogens is 290 g/mol. The molecule has 0 radical (unpaired) electrons. The van der Waals surface area contributed by atoms with Gasteiger partial charge in [0.05, 0.1) is 12.7 Å². The van der Waals surface area contributed by atoms with E-state index in [-0.39, 0.29) is 12.0 Å². The molecule has 2 aliphatic heterocycles. The number of pyridine rings is 1. The van der Waals surface area contributed by atoms with Crippen LogP contribution in [-0.2, 0) is 9.53 Å². The van der Waals surface area contributed by atoms with Gasteiger partial charge < -0.3 is 4.74 Å². The molecule has 0 saturated carbocycles. The summed E-state index contributed by atoms with van der Waals surface area (Å²) >= 11 is 0. The number of fused-ring (bicyclic) bond motifs is 3. The maximum atomic E-state index is 12.3. The van der Waals surface area contributed by atoms with E-state index in [9.17, 15) is 4.79 Å². The molecule has 23 heavy (non-hydrogen) atoms. The fraction of sp³-hybridized carbons (Fsp3) is 0.111. The maximum Gasteiger partial charge on any atom is 0.337 e. The number of hydrogen-bond donors (Lipinski definition) is 0. The van der Waals surface area contributed by atoms with Crippen molar-refractivity contribution in [3.63, 3.8) is 0 Å². The minimum absolute atomic E-state index is 0.203. The molecule has 1 atom stereocenters. The Bertz CT molecular complexity index is 814. The molecule has 1 aromatic heterocycles. The molecule has 5 nitrogen and oxygen atoms in total. The number of nitrogens with zero attached hydrogens (tertiary/aromatic N) is 3. The summed E-state index contributed by atoms with van der Waals surface area (Å²) in [7, 11) is 1.40. The molecule has 0 bridgehead atoms. The van der Waals surface area contributed by atoms with Gasteiger partial charge in [-0.05, 0) is 29.3 Å². The van der Waals surface area contributed by atoms with E-state index < -0.39 is 0 Å². The summed E-state index contributed by atoms with van der Waals surface area (Å²) in [5.41, 5.74) is 2.77. The van der Waals surface area contributed by atoms with Crippen molar-refractivity contribution in [2.75, 3.05) is 12.1 Å². The Kier molecular flexibility index (Phi) is 3.12. The van der Waals surface area contributed by atoms with E-state index in [0.717, 1.165) is 16.9 Å². The molecule has 3 heterocycles. The van der Waals surface area contributed by atoms with E-state index in [1.807, 2.05) is 64.8 Å². The quantitative estimate of drug-likeness (QED) is 0.798. The molecule has 0 saturated heterocycles. The number of carbonyl (C=O) groups is 1. The molecule has 0 spiro atoms. The third-order valence-corrected chi connectivity index (χ3v) is 4.07. The highest BCUT2D eigenvalue weighted by atomic mass is 16.5. The molecule has 0 N–H and O–H groups in total. The van der Waals surface area contributed by atoms with Crippen LogP contribution < -0.4 is 5.01 Å². The number of esters is 1. The van der Waals surface area contributed by atoms with Gasteiger partial charge in [0.15, 0.2) is 5.82 Å². The van der Waals surface area contributed by atoms with E-state index in [1.165, 1.54) is 7.11 Å². The molecule has 5 heteroatoms. The summed E-state index contributed by atoms with van der Waals surface area (Å²) in [6.45, 7) is 0. The summed E-state index contributed by atoms with van der Waals surface area (Å²) < 4.78 is 4.98. The summed E-state index contributed by atoms with van der Waals surface area (Å²) in [5, 5.41) is 3.88. The van der Waals surface area contributed by atoms with Gasteiger partial charge in [0, 0.05) is 18.6 Å². The second-order valence-corrected chi connectivity index (χ2v) is 5.34. The second-order valence-electron chi connectivity index (χ2n) is 5.34. The van der Waals surface area contributed by atoms with Crippen LogP contribution in [0.5, 0.6) is 0 Å². The average molecular weight is 305 g/mol. The third-order valence-electron chi connectivity index (χ3n) is 4.07. The normalized spacial score (nSPS) is 18.3. The van der Waals surface area contributed by atoms with Crippen LogP contribution >= 0.6 is 0 Å². The van der Waals surface area contributed by atoms with Crippen LogP contribution in [0.3, 0.4) is 0 Å². The van der Waals surface area contributed by atoms with E-state index in [1.54, 1.807) is 12.4 Å². The van der Waals surface area contributed by atoms with Crippen molar-refractivity contribution < 1.29 is 9.53 Å². The first kappa shape index (κ1) is 13.6. The highest BCUT2D eigenvalue weighted by Gasteiger charge is 2.40. The molecule has 2 aromatic rings. The highest BCUT2D eigenvalue weighted by molar-refractivity contribution is 5.92. The van der Waals surface area contributed by atoms with Gasteiger partial charge in [0.25, 0.3) is 0 Å². The number of hydrazine groups is 1. The van der Waals surface area contributed by atoms with E-state index in [2.05, 4.69) is 4.98 Å². The number of methoxy groups -OCH3 is 1. The SMILES string of the molecule is COC(=O)C1=CN(c2ccccn2)N2C=Cc3ccccc3C12. The van der Waals surface area contributed by atoms with Crippen molar-refractivity contribution in [3.8, 4) is 0 Å². The van der Waals surface area contributed by atoms with Crippen LogP contribution in [0.4, 0.5) is 5.82 Å². The summed E-state index contributed by atoms with van der Waals surface area (Å²) in [5.74, 6) is 0.420. The molecular formula is C18H15N3O2. The van der Waals surface area contributed by atoms with Crippen molar-refractivity contribution >= 4 is 17.9 Å². The molecule has 114 valence electrons. The first-order chi connectivity index (χ1) is 11.3. The van der Waals surface area contributed by atoms with Crippen molar-refractivity contribution in [1.82, 2.24) is 9.99 Å². The number of aromatic nitrogens is 1. The lowest BCUT2D eigenvalue weighted by atomic mass is 9.93. The third kappa shape index (κ3) is 2.09. The fourth-order valence-electron chi connectivity index (χ4n) is 3.03. The van der Waals surface area contributed by atoms with Crippen LogP contribution in [0, 0.1) is 0 Å². The zero-order chi connectivity index (χ0) is 15.8. The Labute approximate surface area is 134 Å². The minimum Gasteiger partial charge on any atom is -0.466 e. The molecule has 0 amide bonds. The Morgan fingerprint density at radius 1 is 1.17 bits per heavy atom. The molecule has 2 aliphatic rings. The van der Waals surface area contributed by atoms with E-state index in [0.29, 0.717) is 5.57 Å². The number of ether oxygens (including phenoxy) is 1. The van der Waals surface area contributed by atoms with Gasteiger partial charge in [-0.15, -0.1) is 0 Å². The molecule has 0 fully saturated rings.